The van der Waals surface area contributed by atoms with Gasteiger partial charge in [-0.2, -0.15) is 0 Å². The number of aryl methyl sites for hydroxylation is 1. The fourth-order valence-electron chi connectivity index (χ4n) is 2.55. The van der Waals surface area contributed by atoms with Crippen molar-refractivity contribution in [2.75, 3.05) is 11.9 Å². The summed E-state index contributed by atoms with van der Waals surface area (Å²) in [6.45, 7) is 1.01. The van der Waals surface area contributed by atoms with Gasteiger partial charge in [-0.15, -0.1) is 0 Å². The number of thiazole rings is 1. The van der Waals surface area contributed by atoms with Gasteiger partial charge in [-0.25, -0.2) is 4.98 Å². The third-order valence-corrected chi connectivity index (χ3v) is 4.42. The van der Waals surface area contributed by atoms with Crippen LogP contribution in [0, 0.1) is 0 Å². The van der Waals surface area contributed by atoms with Gasteiger partial charge in [0.1, 0.15) is 0 Å². The molecule has 2 heterocycles. The number of ether oxygens (including phenoxy) is 1. The maximum absolute atomic E-state index is 6.01. The Morgan fingerprint density at radius 1 is 1.10 bits per heavy atom. The molecule has 4 rings (SSSR count). The number of fused-ring (bicyclic) bond motifs is 2. The molecule has 0 unspecified atom stereocenters. The van der Waals surface area contributed by atoms with Crippen LogP contribution in [-0.2, 0) is 6.42 Å². The summed E-state index contributed by atoms with van der Waals surface area (Å²) in [6.07, 6.45) is 2.29. The highest BCUT2D eigenvalue weighted by Crippen LogP contribution is 2.37. The zero-order chi connectivity index (χ0) is 13.4. The molecule has 100 valence electrons. The zero-order valence-electron chi connectivity index (χ0n) is 10.9. The zero-order valence-corrected chi connectivity index (χ0v) is 11.7. The fourth-order valence-corrected chi connectivity index (χ4v) is 3.38. The Morgan fingerprint density at radius 2 is 2.05 bits per heavy atom. The number of anilines is 1. The average molecular weight is 282 g/mol. The summed E-state index contributed by atoms with van der Waals surface area (Å²) < 4.78 is 7.16. The van der Waals surface area contributed by atoms with Crippen molar-refractivity contribution in [3.8, 4) is 10.9 Å². The van der Waals surface area contributed by atoms with E-state index in [0.29, 0.717) is 5.19 Å². The van der Waals surface area contributed by atoms with Crippen LogP contribution in [0.4, 0.5) is 5.69 Å². The highest BCUT2D eigenvalue weighted by Gasteiger charge is 2.15. The van der Waals surface area contributed by atoms with Gasteiger partial charge in [0, 0.05) is 6.54 Å². The van der Waals surface area contributed by atoms with Crippen molar-refractivity contribution < 1.29 is 4.74 Å². The van der Waals surface area contributed by atoms with Gasteiger partial charge in [0.2, 0.25) is 0 Å². The van der Waals surface area contributed by atoms with Gasteiger partial charge in [0.15, 0.2) is 5.75 Å². The summed E-state index contributed by atoms with van der Waals surface area (Å²) in [5.41, 5.74) is 3.44. The molecule has 1 aliphatic heterocycles. The lowest BCUT2D eigenvalue weighted by molar-refractivity contribution is 0.480. The summed E-state index contributed by atoms with van der Waals surface area (Å²) in [5.74, 6) is 0.876. The van der Waals surface area contributed by atoms with Gasteiger partial charge in [0.05, 0.1) is 15.9 Å². The lowest BCUT2D eigenvalue weighted by Crippen LogP contribution is -2.12. The highest BCUT2D eigenvalue weighted by atomic mass is 32.1. The van der Waals surface area contributed by atoms with Crippen molar-refractivity contribution >= 4 is 27.2 Å². The normalized spacial score (nSPS) is 13.8. The van der Waals surface area contributed by atoms with Gasteiger partial charge in [-0.1, -0.05) is 35.6 Å². The molecule has 0 spiro atoms. The maximum Gasteiger partial charge on any atom is 0.279 e. The van der Waals surface area contributed by atoms with Crippen LogP contribution in [-0.4, -0.2) is 11.5 Å². The average Bonchev–Trinajstić information content (AvgIpc) is 2.90. The number of nitrogens with zero attached hydrogens (tertiary/aromatic N) is 1. The lowest BCUT2D eigenvalue weighted by Gasteiger charge is -2.20. The topological polar surface area (TPSA) is 34.1 Å². The molecule has 0 bridgehead atoms. The predicted molar refractivity (Wildman–Crippen MR) is 82.9 cm³/mol. The minimum atomic E-state index is 0.701. The van der Waals surface area contributed by atoms with Crippen molar-refractivity contribution in [1.82, 2.24) is 4.98 Å². The smallest absolute Gasteiger partial charge is 0.279 e. The lowest BCUT2D eigenvalue weighted by atomic mass is 10.0. The number of nitrogens with one attached hydrogen (secondary N) is 1. The summed E-state index contributed by atoms with van der Waals surface area (Å²) >= 11 is 1.58. The number of benzene rings is 2. The van der Waals surface area contributed by atoms with Crippen LogP contribution < -0.4 is 10.1 Å². The third kappa shape index (κ3) is 2.02. The molecule has 3 aromatic rings. The monoisotopic (exact) mass is 282 g/mol. The fraction of sp³-hybridized carbons (Fsp3) is 0.188. The van der Waals surface area contributed by atoms with Gasteiger partial charge < -0.3 is 10.1 Å². The SMILES string of the molecule is c1cc2c(c(Oc3nc4ccccc4s3)c1)NCCC2. The van der Waals surface area contributed by atoms with Crippen molar-refractivity contribution in [2.24, 2.45) is 0 Å². The quantitative estimate of drug-likeness (QED) is 0.754. The Morgan fingerprint density at radius 3 is 3.00 bits per heavy atom. The molecule has 0 amide bonds. The van der Waals surface area contributed by atoms with E-state index in [1.54, 1.807) is 11.3 Å². The number of hydrogen-bond donors (Lipinski definition) is 1. The van der Waals surface area contributed by atoms with Crippen LogP contribution in [0.2, 0.25) is 0 Å². The van der Waals surface area contributed by atoms with E-state index in [4.69, 9.17) is 4.74 Å². The van der Waals surface area contributed by atoms with E-state index in [-0.39, 0.29) is 0 Å². The molecule has 0 aliphatic carbocycles. The van der Waals surface area contributed by atoms with Crippen molar-refractivity contribution in [1.29, 1.82) is 0 Å². The Labute approximate surface area is 121 Å². The standard InChI is InChI=1S/C16H14N2OS/c1-2-9-14-12(7-1)18-16(20-14)19-13-8-3-5-11-6-4-10-17-15(11)13/h1-3,5,7-9,17H,4,6,10H2. The largest absolute Gasteiger partial charge is 0.429 e. The highest BCUT2D eigenvalue weighted by molar-refractivity contribution is 7.20. The number of para-hydroxylation sites is 2. The van der Waals surface area contributed by atoms with E-state index in [0.717, 1.165) is 34.6 Å². The molecule has 0 atom stereocenters. The predicted octanol–water partition coefficient (Wildman–Crippen LogP) is 4.45. The second-order valence-corrected chi connectivity index (χ2v) is 5.86. The molecule has 0 saturated carbocycles. The van der Waals surface area contributed by atoms with Crippen LogP contribution in [0.25, 0.3) is 10.2 Å². The summed E-state index contributed by atoms with van der Waals surface area (Å²) in [7, 11) is 0. The van der Waals surface area contributed by atoms with Crippen LogP contribution in [0.5, 0.6) is 10.9 Å². The molecule has 1 aliphatic rings. The molecule has 3 nitrogen and oxygen atoms in total. The summed E-state index contributed by atoms with van der Waals surface area (Å²) in [5, 5.41) is 4.14. The molecular formula is C16H14N2OS. The van der Waals surface area contributed by atoms with E-state index in [2.05, 4.69) is 28.5 Å². The summed E-state index contributed by atoms with van der Waals surface area (Å²) in [4.78, 5) is 4.53. The maximum atomic E-state index is 6.01. The first kappa shape index (κ1) is 11.7. The molecular weight excluding hydrogens is 268 g/mol. The van der Waals surface area contributed by atoms with Gasteiger partial charge in [0.25, 0.3) is 5.19 Å². The third-order valence-electron chi connectivity index (χ3n) is 3.51. The minimum absolute atomic E-state index is 0.701. The molecule has 0 fully saturated rings. The van der Waals surface area contributed by atoms with Crippen LogP contribution >= 0.6 is 11.3 Å². The van der Waals surface area contributed by atoms with Crippen LogP contribution in [0.15, 0.2) is 42.5 Å². The molecule has 0 radical (unpaired) electrons. The van der Waals surface area contributed by atoms with Crippen molar-refractivity contribution in [3.05, 3.63) is 48.0 Å². The molecule has 4 heteroatoms. The second kappa shape index (κ2) is 4.80. The number of rotatable bonds is 2. The minimum Gasteiger partial charge on any atom is -0.429 e. The van der Waals surface area contributed by atoms with Gasteiger partial charge >= 0.3 is 0 Å². The Kier molecular flexibility index (Phi) is 2.81. The van der Waals surface area contributed by atoms with E-state index in [1.807, 2.05) is 24.3 Å². The van der Waals surface area contributed by atoms with Gasteiger partial charge in [-0.3, -0.25) is 0 Å². The Balaban J connectivity index is 1.72. The summed E-state index contributed by atoms with van der Waals surface area (Å²) in [6, 6.07) is 14.3. The van der Waals surface area contributed by atoms with Gasteiger partial charge in [-0.05, 0) is 36.6 Å². The molecule has 20 heavy (non-hydrogen) atoms. The molecule has 2 aromatic carbocycles. The first-order valence-electron chi connectivity index (χ1n) is 6.79. The van der Waals surface area contributed by atoms with Crippen molar-refractivity contribution in [3.63, 3.8) is 0 Å². The van der Waals surface area contributed by atoms with Crippen LogP contribution in [0.3, 0.4) is 0 Å². The Bertz CT molecular complexity index is 733. The van der Waals surface area contributed by atoms with Crippen molar-refractivity contribution in [2.45, 2.75) is 12.8 Å². The van der Waals surface area contributed by atoms with E-state index in [9.17, 15) is 0 Å². The first-order valence-corrected chi connectivity index (χ1v) is 7.61. The Hall–Kier alpha value is -2.07. The number of hydrogen-bond acceptors (Lipinski definition) is 4. The van der Waals surface area contributed by atoms with E-state index >= 15 is 0 Å². The van der Waals surface area contributed by atoms with E-state index < -0.39 is 0 Å². The molecule has 1 N–H and O–H groups in total. The second-order valence-electron chi connectivity index (χ2n) is 4.87. The first-order chi connectivity index (χ1) is 9.90. The molecule has 0 saturated heterocycles. The molecule has 1 aromatic heterocycles. The van der Waals surface area contributed by atoms with E-state index in [1.165, 1.54) is 12.0 Å². The van der Waals surface area contributed by atoms with Crippen LogP contribution in [0.1, 0.15) is 12.0 Å². The number of aromatic nitrogens is 1.